The van der Waals surface area contributed by atoms with Crippen LogP contribution in [-0.2, 0) is 14.3 Å². The van der Waals surface area contributed by atoms with Crippen molar-refractivity contribution in [3.63, 3.8) is 0 Å². The van der Waals surface area contributed by atoms with Gasteiger partial charge in [0, 0.05) is 34.3 Å². The topological polar surface area (TPSA) is 65.0 Å². The Hall–Kier alpha value is -2.92. The summed E-state index contributed by atoms with van der Waals surface area (Å²) < 4.78 is 10.9. The Morgan fingerprint density at radius 3 is 2.32 bits per heavy atom. The lowest BCUT2D eigenvalue weighted by Gasteiger charge is -2.36. The number of esters is 1. The van der Waals surface area contributed by atoms with Gasteiger partial charge in [-0.15, -0.1) is 0 Å². The summed E-state index contributed by atoms with van der Waals surface area (Å²) in [5, 5.41) is 0.666. The van der Waals surface area contributed by atoms with Gasteiger partial charge in [-0.1, -0.05) is 49.7 Å². The highest BCUT2D eigenvalue weighted by Crippen LogP contribution is 2.47. The molecule has 34 heavy (non-hydrogen) atoms. The van der Waals surface area contributed by atoms with Gasteiger partial charge in [-0.05, 0) is 60.6 Å². The molecule has 1 aliphatic heterocycles. The minimum Gasteiger partial charge on any atom is -0.497 e. The molecule has 1 aliphatic carbocycles. The van der Waals surface area contributed by atoms with Crippen molar-refractivity contribution in [1.29, 1.82) is 0 Å². The van der Waals surface area contributed by atoms with Crippen molar-refractivity contribution in [2.75, 3.05) is 13.7 Å². The highest BCUT2D eigenvalue weighted by atomic mass is 35.5. The number of halogens is 1. The van der Waals surface area contributed by atoms with Crippen molar-refractivity contribution in [2.24, 2.45) is 16.8 Å². The molecule has 1 unspecified atom stereocenters. The van der Waals surface area contributed by atoms with E-state index in [0.29, 0.717) is 35.8 Å². The molecule has 2 aromatic carbocycles. The van der Waals surface area contributed by atoms with Crippen molar-refractivity contribution in [3.05, 3.63) is 76.0 Å². The van der Waals surface area contributed by atoms with Crippen LogP contribution in [0.15, 0.2) is 64.8 Å². The minimum atomic E-state index is -0.637. The fourth-order valence-electron chi connectivity index (χ4n) is 4.85. The smallest absolute Gasteiger partial charge is 0.315 e. The molecule has 2 aliphatic rings. The van der Waals surface area contributed by atoms with Gasteiger partial charge in [0.15, 0.2) is 5.78 Å². The van der Waals surface area contributed by atoms with Crippen LogP contribution in [-0.4, -0.2) is 31.2 Å². The summed E-state index contributed by atoms with van der Waals surface area (Å²) in [5.74, 6) is -0.416. The summed E-state index contributed by atoms with van der Waals surface area (Å²) in [6.45, 7) is 6.19. The summed E-state index contributed by atoms with van der Waals surface area (Å²) in [5.41, 5.74) is 4.02. The Kier molecular flexibility index (Phi) is 7.22. The number of methoxy groups -OCH3 is 1. The van der Waals surface area contributed by atoms with E-state index in [0.717, 1.165) is 22.6 Å². The highest BCUT2D eigenvalue weighted by Gasteiger charge is 2.44. The summed E-state index contributed by atoms with van der Waals surface area (Å²) in [7, 11) is 1.61. The van der Waals surface area contributed by atoms with Gasteiger partial charge in [0.2, 0.25) is 0 Å². The Bertz CT molecular complexity index is 1130. The predicted octanol–water partition coefficient (Wildman–Crippen LogP) is 6.12. The molecule has 0 fully saturated rings. The van der Waals surface area contributed by atoms with E-state index in [2.05, 4.69) is 0 Å². The van der Waals surface area contributed by atoms with Gasteiger partial charge in [0.25, 0.3) is 0 Å². The van der Waals surface area contributed by atoms with E-state index in [4.69, 9.17) is 26.1 Å². The van der Waals surface area contributed by atoms with Gasteiger partial charge >= 0.3 is 5.97 Å². The van der Waals surface area contributed by atoms with E-state index in [-0.39, 0.29) is 23.6 Å². The van der Waals surface area contributed by atoms with Crippen LogP contribution >= 0.6 is 11.6 Å². The average molecular weight is 480 g/mol. The summed E-state index contributed by atoms with van der Waals surface area (Å²) in [6.07, 6.45) is 1.01. The van der Waals surface area contributed by atoms with Crippen molar-refractivity contribution < 1.29 is 19.1 Å². The SMILES string of the molecule is COc1ccc([C@@H]2C3=C(C[C@@H](c4ccc(Cl)cc4)CC3=O)N=C(C)C2C(=O)OCC(C)C)cc1. The maximum Gasteiger partial charge on any atom is 0.315 e. The molecule has 0 aromatic heterocycles. The first-order valence-corrected chi connectivity index (χ1v) is 12.0. The van der Waals surface area contributed by atoms with E-state index in [1.807, 2.05) is 69.3 Å². The van der Waals surface area contributed by atoms with E-state index in [1.165, 1.54) is 0 Å². The number of carbonyl (C=O) groups excluding carboxylic acids is 2. The monoisotopic (exact) mass is 479 g/mol. The van der Waals surface area contributed by atoms with Crippen molar-refractivity contribution in [1.82, 2.24) is 0 Å². The minimum absolute atomic E-state index is 0.0277. The normalized spacial score (nSPS) is 22.4. The zero-order valence-electron chi connectivity index (χ0n) is 20.0. The number of ketones is 1. The van der Waals surface area contributed by atoms with Crippen LogP contribution in [0.2, 0.25) is 5.02 Å². The third-order valence-corrected chi connectivity index (χ3v) is 6.77. The number of rotatable bonds is 6. The van der Waals surface area contributed by atoms with Crippen LogP contribution in [0, 0.1) is 11.8 Å². The third-order valence-electron chi connectivity index (χ3n) is 6.52. The Balaban J connectivity index is 1.75. The predicted molar refractivity (Wildman–Crippen MR) is 134 cm³/mol. The first-order valence-electron chi connectivity index (χ1n) is 11.7. The summed E-state index contributed by atoms with van der Waals surface area (Å²) >= 11 is 6.06. The van der Waals surface area contributed by atoms with Gasteiger partial charge in [0.05, 0.1) is 13.7 Å². The molecule has 0 bridgehead atoms. The third kappa shape index (κ3) is 4.95. The van der Waals surface area contributed by atoms with Gasteiger partial charge in [-0.25, -0.2) is 0 Å². The highest BCUT2D eigenvalue weighted by molar-refractivity contribution is 6.30. The van der Waals surface area contributed by atoms with Crippen LogP contribution < -0.4 is 4.74 Å². The van der Waals surface area contributed by atoms with Crippen molar-refractivity contribution in [3.8, 4) is 5.75 Å². The lowest BCUT2D eigenvalue weighted by atomic mass is 9.69. The maximum absolute atomic E-state index is 13.6. The molecular formula is C28H30ClNO4. The molecule has 1 heterocycles. The second-order valence-electron chi connectivity index (χ2n) is 9.45. The molecule has 6 heteroatoms. The van der Waals surface area contributed by atoms with Gasteiger partial charge < -0.3 is 9.47 Å². The molecule has 2 aromatic rings. The van der Waals surface area contributed by atoms with E-state index in [1.54, 1.807) is 7.11 Å². The lowest BCUT2D eigenvalue weighted by molar-refractivity contribution is -0.147. The number of ether oxygens (including phenoxy) is 2. The maximum atomic E-state index is 13.6. The fraction of sp³-hybridized carbons (Fsp3) is 0.393. The van der Waals surface area contributed by atoms with E-state index < -0.39 is 11.8 Å². The number of Topliss-reactive ketones (excluding diaryl/α,β-unsaturated/α-hetero) is 1. The molecule has 0 saturated heterocycles. The molecule has 5 nitrogen and oxygen atoms in total. The molecular weight excluding hydrogens is 450 g/mol. The number of carbonyl (C=O) groups is 2. The number of aliphatic imine (C=N–C) groups is 1. The quantitative estimate of drug-likeness (QED) is 0.468. The van der Waals surface area contributed by atoms with Gasteiger partial charge in [0.1, 0.15) is 11.7 Å². The first-order chi connectivity index (χ1) is 16.3. The van der Waals surface area contributed by atoms with Gasteiger partial charge in [-0.3, -0.25) is 14.6 Å². The number of nitrogens with zero attached hydrogens (tertiary/aromatic N) is 1. The fourth-order valence-corrected chi connectivity index (χ4v) is 4.97. The van der Waals surface area contributed by atoms with Crippen LogP contribution in [0.1, 0.15) is 56.6 Å². The largest absolute Gasteiger partial charge is 0.497 e. The van der Waals surface area contributed by atoms with E-state index >= 15 is 0 Å². The molecule has 4 rings (SSSR count). The molecule has 0 spiro atoms. The Morgan fingerprint density at radius 2 is 1.71 bits per heavy atom. The van der Waals surface area contributed by atoms with Crippen molar-refractivity contribution >= 4 is 29.1 Å². The number of hydrogen-bond acceptors (Lipinski definition) is 5. The Morgan fingerprint density at radius 1 is 1.06 bits per heavy atom. The lowest BCUT2D eigenvalue weighted by Crippen LogP contribution is -2.38. The first kappa shape index (κ1) is 24.2. The van der Waals surface area contributed by atoms with Crippen LogP contribution in [0.5, 0.6) is 5.75 Å². The average Bonchev–Trinajstić information content (AvgIpc) is 2.82. The number of allylic oxidation sites excluding steroid dienone is 2. The molecule has 178 valence electrons. The molecule has 0 radical (unpaired) electrons. The van der Waals surface area contributed by atoms with Crippen LogP contribution in [0.4, 0.5) is 0 Å². The second kappa shape index (κ2) is 10.1. The Labute approximate surface area is 205 Å². The molecule has 0 N–H and O–H groups in total. The number of benzene rings is 2. The zero-order chi connectivity index (χ0) is 24.4. The molecule has 3 atom stereocenters. The molecule has 0 saturated carbocycles. The van der Waals surface area contributed by atoms with Gasteiger partial charge in [-0.2, -0.15) is 0 Å². The van der Waals surface area contributed by atoms with Crippen LogP contribution in [0.3, 0.4) is 0 Å². The zero-order valence-corrected chi connectivity index (χ0v) is 20.8. The second-order valence-corrected chi connectivity index (χ2v) is 9.88. The van der Waals surface area contributed by atoms with Crippen molar-refractivity contribution in [2.45, 2.75) is 45.4 Å². The van der Waals surface area contributed by atoms with Crippen LogP contribution in [0.25, 0.3) is 0 Å². The summed E-state index contributed by atoms with van der Waals surface area (Å²) in [6, 6.07) is 15.2. The molecule has 0 amide bonds. The van der Waals surface area contributed by atoms with E-state index in [9.17, 15) is 9.59 Å². The number of hydrogen-bond donors (Lipinski definition) is 0. The standard InChI is InChI=1S/C28H30ClNO4/c1-16(2)15-34-28(32)25-17(3)30-23-13-20(18-5-9-21(29)10-6-18)14-24(31)27(23)26(25)19-7-11-22(33-4)12-8-19/h5-12,16,20,25-26H,13-15H2,1-4H3/t20-,25?,26+/m1/s1. The summed E-state index contributed by atoms with van der Waals surface area (Å²) in [4.78, 5) is 31.7.